The molecule has 0 fully saturated rings. The molecule has 1 N–H and O–H groups in total. The maximum Gasteiger partial charge on any atom is 0.355 e. The van der Waals surface area contributed by atoms with Crippen molar-refractivity contribution in [2.24, 2.45) is 0 Å². The highest BCUT2D eigenvalue weighted by atomic mass is 32.2. The van der Waals surface area contributed by atoms with Crippen LogP contribution in [0.1, 0.15) is 30.3 Å². The summed E-state index contributed by atoms with van der Waals surface area (Å²) >= 11 is 1.56. The van der Waals surface area contributed by atoms with E-state index < -0.39 is 5.97 Å². The fraction of sp³-hybridized carbons (Fsp3) is 0.400. The van der Waals surface area contributed by atoms with Crippen molar-refractivity contribution in [2.45, 2.75) is 24.7 Å². The van der Waals surface area contributed by atoms with Gasteiger partial charge >= 0.3 is 5.97 Å². The molecule has 0 spiro atoms. The van der Waals surface area contributed by atoms with Crippen molar-refractivity contribution in [3.63, 3.8) is 0 Å². The van der Waals surface area contributed by atoms with Gasteiger partial charge in [0.15, 0.2) is 5.69 Å². The third kappa shape index (κ3) is 3.03. The van der Waals surface area contributed by atoms with E-state index in [1.54, 1.807) is 23.9 Å². The largest absolute Gasteiger partial charge is 0.476 e. The third-order valence-corrected chi connectivity index (χ3v) is 2.86. The number of rotatable bonds is 5. The maximum absolute atomic E-state index is 10.8. The molecule has 4 heteroatoms. The molecule has 0 bridgehead atoms. The van der Waals surface area contributed by atoms with Crippen molar-refractivity contribution in [2.75, 3.05) is 5.75 Å². The highest BCUT2D eigenvalue weighted by molar-refractivity contribution is 7.99. The lowest BCUT2D eigenvalue weighted by Gasteiger charge is -2.03. The standard InChI is InChI=1S/C10H13NO2S/c1-2-3-7-14-8-5-4-6-11-9(8)10(12)13/h4-6H,2-3,7H2,1H3,(H,12,13). The van der Waals surface area contributed by atoms with E-state index in [4.69, 9.17) is 5.11 Å². The number of carboxylic acid groups (broad SMARTS) is 1. The van der Waals surface area contributed by atoms with Crippen LogP contribution in [0.25, 0.3) is 0 Å². The van der Waals surface area contributed by atoms with Crippen molar-refractivity contribution in [1.82, 2.24) is 4.98 Å². The zero-order chi connectivity index (χ0) is 10.4. The van der Waals surface area contributed by atoms with Gasteiger partial charge in [0.1, 0.15) is 0 Å². The average Bonchev–Trinajstić information content (AvgIpc) is 2.19. The summed E-state index contributed by atoms with van der Waals surface area (Å²) in [6.07, 6.45) is 3.72. The van der Waals surface area contributed by atoms with Crippen molar-refractivity contribution in [1.29, 1.82) is 0 Å². The lowest BCUT2D eigenvalue weighted by molar-refractivity contribution is 0.0686. The molecule has 0 aliphatic heterocycles. The minimum absolute atomic E-state index is 0.161. The van der Waals surface area contributed by atoms with Gasteiger partial charge in [0.2, 0.25) is 0 Å². The van der Waals surface area contributed by atoms with Gasteiger partial charge in [0.25, 0.3) is 0 Å². The molecular formula is C10H13NO2S. The number of nitrogens with zero attached hydrogens (tertiary/aromatic N) is 1. The van der Waals surface area contributed by atoms with E-state index in [1.807, 2.05) is 0 Å². The zero-order valence-corrected chi connectivity index (χ0v) is 8.88. The molecular weight excluding hydrogens is 198 g/mol. The van der Waals surface area contributed by atoms with Crippen LogP contribution in [0.2, 0.25) is 0 Å². The summed E-state index contributed by atoms with van der Waals surface area (Å²) in [7, 11) is 0. The molecule has 1 aromatic rings. The van der Waals surface area contributed by atoms with Gasteiger partial charge in [-0.05, 0) is 24.3 Å². The predicted molar refractivity (Wildman–Crippen MR) is 56.8 cm³/mol. The van der Waals surface area contributed by atoms with E-state index in [2.05, 4.69) is 11.9 Å². The number of hydrogen-bond acceptors (Lipinski definition) is 3. The van der Waals surface area contributed by atoms with E-state index in [9.17, 15) is 4.79 Å². The highest BCUT2D eigenvalue weighted by Crippen LogP contribution is 2.21. The summed E-state index contributed by atoms with van der Waals surface area (Å²) in [6, 6.07) is 3.57. The Morgan fingerprint density at radius 3 is 3.07 bits per heavy atom. The molecule has 14 heavy (non-hydrogen) atoms. The van der Waals surface area contributed by atoms with Crippen molar-refractivity contribution in [3.8, 4) is 0 Å². The maximum atomic E-state index is 10.8. The van der Waals surface area contributed by atoms with Gasteiger partial charge in [-0.25, -0.2) is 9.78 Å². The molecule has 1 rings (SSSR count). The average molecular weight is 211 g/mol. The summed E-state index contributed by atoms with van der Waals surface area (Å²) in [5.41, 5.74) is 0.161. The number of thioether (sulfide) groups is 1. The van der Waals surface area contributed by atoms with E-state index in [1.165, 1.54) is 6.20 Å². The molecule has 1 heterocycles. The lowest BCUT2D eigenvalue weighted by atomic mass is 10.3. The Balaban J connectivity index is 2.69. The Hall–Kier alpha value is -1.03. The monoisotopic (exact) mass is 211 g/mol. The summed E-state index contributed by atoms with van der Waals surface area (Å²) in [4.78, 5) is 15.4. The molecule has 0 aromatic carbocycles. The van der Waals surface area contributed by atoms with Crippen LogP contribution >= 0.6 is 11.8 Å². The van der Waals surface area contributed by atoms with Crippen molar-refractivity contribution in [3.05, 3.63) is 24.0 Å². The summed E-state index contributed by atoms with van der Waals surface area (Å²) < 4.78 is 0. The zero-order valence-electron chi connectivity index (χ0n) is 8.06. The van der Waals surface area contributed by atoms with Crippen LogP contribution in [-0.4, -0.2) is 21.8 Å². The van der Waals surface area contributed by atoms with Gasteiger partial charge in [-0.3, -0.25) is 0 Å². The van der Waals surface area contributed by atoms with Crippen LogP contribution in [0.15, 0.2) is 23.2 Å². The predicted octanol–water partition coefficient (Wildman–Crippen LogP) is 2.67. The second-order valence-electron chi connectivity index (χ2n) is 2.86. The first-order chi connectivity index (χ1) is 6.75. The van der Waals surface area contributed by atoms with Crippen LogP contribution in [0.5, 0.6) is 0 Å². The van der Waals surface area contributed by atoms with Crippen molar-refractivity contribution >= 4 is 17.7 Å². The summed E-state index contributed by atoms with van der Waals surface area (Å²) in [5.74, 6) is -0.00718. The molecule has 0 aliphatic carbocycles. The second-order valence-corrected chi connectivity index (χ2v) is 3.99. The minimum Gasteiger partial charge on any atom is -0.476 e. The quantitative estimate of drug-likeness (QED) is 0.601. The van der Waals surface area contributed by atoms with Gasteiger partial charge in [-0.15, -0.1) is 11.8 Å². The number of unbranched alkanes of at least 4 members (excludes halogenated alkanes) is 1. The molecule has 0 saturated carbocycles. The SMILES string of the molecule is CCCCSc1cccnc1C(=O)O. The van der Waals surface area contributed by atoms with Crippen molar-refractivity contribution < 1.29 is 9.90 Å². The van der Waals surface area contributed by atoms with E-state index >= 15 is 0 Å². The van der Waals surface area contributed by atoms with Crippen LogP contribution in [0.3, 0.4) is 0 Å². The molecule has 76 valence electrons. The van der Waals surface area contributed by atoms with E-state index in [-0.39, 0.29) is 5.69 Å². The molecule has 0 atom stereocenters. The fourth-order valence-electron chi connectivity index (χ4n) is 0.994. The first-order valence-electron chi connectivity index (χ1n) is 4.56. The van der Waals surface area contributed by atoms with Gasteiger partial charge in [-0.2, -0.15) is 0 Å². The molecule has 0 aliphatic rings. The fourth-order valence-corrected chi connectivity index (χ4v) is 2.10. The Kier molecular flexibility index (Phi) is 4.46. The highest BCUT2D eigenvalue weighted by Gasteiger charge is 2.10. The number of hydrogen-bond donors (Lipinski definition) is 1. The normalized spacial score (nSPS) is 10.1. The van der Waals surface area contributed by atoms with Crippen LogP contribution in [0.4, 0.5) is 0 Å². The first kappa shape index (κ1) is 11.0. The Morgan fingerprint density at radius 1 is 1.64 bits per heavy atom. The molecule has 0 amide bonds. The van der Waals surface area contributed by atoms with Gasteiger partial charge in [-0.1, -0.05) is 13.3 Å². The molecule has 0 radical (unpaired) electrons. The van der Waals surface area contributed by atoms with E-state index in [0.29, 0.717) is 0 Å². The minimum atomic E-state index is -0.954. The second kappa shape index (κ2) is 5.65. The molecule has 3 nitrogen and oxygen atoms in total. The van der Waals surface area contributed by atoms with Gasteiger partial charge in [0.05, 0.1) is 0 Å². The van der Waals surface area contributed by atoms with Crippen LogP contribution in [-0.2, 0) is 0 Å². The van der Waals surface area contributed by atoms with Gasteiger partial charge < -0.3 is 5.11 Å². The molecule has 0 saturated heterocycles. The molecule has 1 aromatic heterocycles. The third-order valence-electron chi connectivity index (χ3n) is 1.73. The number of aromatic carboxylic acids is 1. The summed E-state index contributed by atoms with van der Waals surface area (Å²) in [6.45, 7) is 2.11. The lowest BCUT2D eigenvalue weighted by Crippen LogP contribution is -2.02. The first-order valence-corrected chi connectivity index (χ1v) is 5.55. The molecule has 0 unspecified atom stereocenters. The number of aromatic nitrogens is 1. The van der Waals surface area contributed by atoms with E-state index in [0.717, 1.165) is 23.5 Å². The number of carbonyl (C=O) groups is 1. The number of pyridine rings is 1. The Bertz CT molecular complexity index is 315. The Labute approximate surface area is 87.6 Å². The number of carboxylic acids is 1. The van der Waals surface area contributed by atoms with Crippen LogP contribution < -0.4 is 0 Å². The van der Waals surface area contributed by atoms with Gasteiger partial charge in [0, 0.05) is 11.1 Å². The topological polar surface area (TPSA) is 50.2 Å². The Morgan fingerprint density at radius 2 is 2.43 bits per heavy atom. The smallest absolute Gasteiger partial charge is 0.355 e. The summed E-state index contributed by atoms with van der Waals surface area (Å²) in [5, 5.41) is 8.85. The van der Waals surface area contributed by atoms with Crippen LogP contribution in [0, 0.1) is 0 Å².